The summed E-state index contributed by atoms with van der Waals surface area (Å²) in [6.45, 7) is 4.36. The Morgan fingerprint density at radius 3 is 2.96 bits per heavy atom. The molecule has 4 rings (SSSR count). The van der Waals surface area contributed by atoms with Crippen LogP contribution in [0.3, 0.4) is 0 Å². The van der Waals surface area contributed by atoms with E-state index < -0.39 is 5.91 Å². The van der Waals surface area contributed by atoms with Gasteiger partial charge in [-0.25, -0.2) is 4.98 Å². The molecule has 1 fully saturated rings. The third-order valence-corrected chi connectivity index (χ3v) is 5.51. The molecule has 1 amide bonds. The number of carbonyl (C=O) groups is 1. The van der Waals surface area contributed by atoms with E-state index in [1.807, 2.05) is 17.9 Å². The van der Waals surface area contributed by atoms with E-state index in [1.54, 1.807) is 0 Å². The summed E-state index contributed by atoms with van der Waals surface area (Å²) < 4.78 is 0. The zero-order valence-corrected chi connectivity index (χ0v) is 16.1. The van der Waals surface area contributed by atoms with Gasteiger partial charge >= 0.3 is 0 Å². The van der Waals surface area contributed by atoms with Gasteiger partial charge in [0.1, 0.15) is 5.56 Å². The lowest BCUT2D eigenvalue weighted by Gasteiger charge is -2.26. The molecule has 0 radical (unpaired) electrons. The Morgan fingerprint density at radius 1 is 1.43 bits per heavy atom. The van der Waals surface area contributed by atoms with Gasteiger partial charge in [0, 0.05) is 48.8 Å². The quantitative estimate of drug-likeness (QED) is 0.550. The van der Waals surface area contributed by atoms with Gasteiger partial charge in [-0.2, -0.15) is 4.98 Å². The highest BCUT2D eigenvalue weighted by molar-refractivity contribution is 5.98. The normalized spacial score (nSPS) is 19.6. The summed E-state index contributed by atoms with van der Waals surface area (Å²) in [5.41, 5.74) is 15.2. The Morgan fingerprint density at radius 2 is 2.25 bits per heavy atom. The number of carbonyl (C=O) groups excluding carboxylic acids is 1. The van der Waals surface area contributed by atoms with E-state index in [-0.39, 0.29) is 0 Å². The van der Waals surface area contributed by atoms with Crippen LogP contribution in [0.5, 0.6) is 0 Å². The molecule has 28 heavy (non-hydrogen) atoms. The average molecular weight is 381 g/mol. The summed E-state index contributed by atoms with van der Waals surface area (Å²) in [7, 11) is 0. The van der Waals surface area contributed by atoms with E-state index in [1.165, 1.54) is 11.8 Å². The second-order valence-electron chi connectivity index (χ2n) is 7.39. The zero-order valence-electron chi connectivity index (χ0n) is 16.1. The summed E-state index contributed by atoms with van der Waals surface area (Å²) in [5, 5.41) is 6.65. The Balaban J connectivity index is 1.64. The molecule has 0 saturated heterocycles. The first-order valence-corrected chi connectivity index (χ1v) is 9.88. The Kier molecular flexibility index (Phi) is 5.04. The Labute approximate surface area is 164 Å². The van der Waals surface area contributed by atoms with Crippen LogP contribution < -0.4 is 27.0 Å². The second-order valence-corrected chi connectivity index (χ2v) is 7.39. The maximum absolute atomic E-state index is 12.0. The summed E-state index contributed by atoms with van der Waals surface area (Å²) in [4.78, 5) is 23.0. The van der Waals surface area contributed by atoms with Crippen molar-refractivity contribution in [1.82, 2.24) is 9.97 Å². The van der Waals surface area contributed by atoms with E-state index in [4.69, 9.17) is 11.5 Å². The minimum absolute atomic E-state index is 0.320. The van der Waals surface area contributed by atoms with Gasteiger partial charge in [0.25, 0.3) is 5.91 Å². The van der Waals surface area contributed by atoms with Gasteiger partial charge in [0.2, 0.25) is 5.95 Å². The predicted molar refractivity (Wildman–Crippen MR) is 111 cm³/mol. The van der Waals surface area contributed by atoms with Gasteiger partial charge in [-0.3, -0.25) is 4.79 Å². The van der Waals surface area contributed by atoms with Crippen molar-refractivity contribution in [1.29, 1.82) is 0 Å². The molecular formula is C20H27N7O. The Hall–Kier alpha value is -2.87. The average Bonchev–Trinajstić information content (AvgIpc) is 3.17. The zero-order chi connectivity index (χ0) is 19.7. The van der Waals surface area contributed by atoms with E-state index in [9.17, 15) is 4.79 Å². The summed E-state index contributed by atoms with van der Waals surface area (Å²) >= 11 is 0. The fraction of sp³-hybridized carbons (Fsp3) is 0.450. The largest absolute Gasteiger partial charge is 0.384 e. The van der Waals surface area contributed by atoms with Crippen LogP contribution >= 0.6 is 0 Å². The van der Waals surface area contributed by atoms with Crippen LogP contribution in [0, 0.1) is 5.92 Å². The first kappa shape index (κ1) is 18.5. The van der Waals surface area contributed by atoms with Crippen molar-refractivity contribution in [3.8, 4) is 0 Å². The minimum Gasteiger partial charge on any atom is -0.384 e. The van der Waals surface area contributed by atoms with E-state index in [0.717, 1.165) is 43.7 Å². The molecular weight excluding hydrogens is 354 g/mol. The molecule has 2 atom stereocenters. The number of nitrogens with one attached hydrogen (secondary N) is 2. The molecule has 1 aromatic carbocycles. The molecule has 8 heteroatoms. The number of benzene rings is 1. The summed E-state index contributed by atoms with van der Waals surface area (Å²) in [6.07, 6.45) is 4.53. The number of primary amides is 1. The monoisotopic (exact) mass is 381 g/mol. The molecule has 0 spiro atoms. The molecule has 2 heterocycles. The lowest BCUT2D eigenvalue weighted by atomic mass is 10.1. The molecule has 0 bridgehead atoms. The molecule has 1 saturated carbocycles. The van der Waals surface area contributed by atoms with Crippen LogP contribution in [0.1, 0.15) is 35.7 Å². The molecule has 2 aromatic rings. The van der Waals surface area contributed by atoms with Gasteiger partial charge in [-0.05, 0) is 44.2 Å². The Bertz CT molecular complexity index is 885. The molecule has 1 aliphatic heterocycles. The van der Waals surface area contributed by atoms with Gasteiger partial charge in [-0.15, -0.1) is 0 Å². The second kappa shape index (κ2) is 7.63. The molecule has 2 aliphatic rings. The fourth-order valence-corrected chi connectivity index (χ4v) is 3.82. The van der Waals surface area contributed by atoms with Crippen LogP contribution in [0.2, 0.25) is 0 Å². The topological polar surface area (TPSA) is 122 Å². The molecule has 1 aliphatic carbocycles. The highest BCUT2D eigenvalue weighted by Crippen LogP contribution is 2.36. The van der Waals surface area contributed by atoms with Crippen molar-refractivity contribution < 1.29 is 4.79 Å². The first-order valence-electron chi connectivity index (χ1n) is 9.88. The van der Waals surface area contributed by atoms with E-state index in [2.05, 4.69) is 32.7 Å². The third kappa shape index (κ3) is 3.60. The molecule has 6 N–H and O–H groups in total. The summed E-state index contributed by atoms with van der Waals surface area (Å²) in [5.74, 6) is 1.09. The van der Waals surface area contributed by atoms with Crippen molar-refractivity contribution in [2.75, 3.05) is 35.2 Å². The van der Waals surface area contributed by atoms with Crippen LogP contribution in [-0.4, -0.2) is 41.6 Å². The number of rotatable bonds is 8. The van der Waals surface area contributed by atoms with Crippen LogP contribution in [-0.2, 0) is 6.42 Å². The van der Waals surface area contributed by atoms with Crippen molar-refractivity contribution in [3.05, 3.63) is 35.5 Å². The maximum Gasteiger partial charge on any atom is 0.254 e. The number of hydrogen-bond donors (Lipinski definition) is 4. The lowest BCUT2D eigenvalue weighted by Crippen LogP contribution is -2.25. The van der Waals surface area contributed by atoms with Gasteiger partial charge < -0.3 is 27.0 Å². The van der Waals surface area contributed by atoms with E-state index >= 15 is 0 Å². The third-order valence-electron chi connectivity index (χ3n) is 5.51. The highest BCUT2D eigenvalue weighted by atomic mass is 16.1. The SMILES string of the molecule is CCN(c1cccc2c1CCN2)c1nc(NCCC2C[C@H]2N)ncc1C(N)=O. The minimum atomic E-state index is -0.533. The molecule has 1 unspecified atom stereocenters. The molecule has 1 aromatic heterocycles. The number of hydrogen-bond acceptors (Lipinski definition) is 7. The fourth-order valence-electron chi connectivity index (χ4n) is 3.82. The number of amides is 1. The number of aromatic nitrogens is 2. The van der Waals surface area contributed by atoms with E-state index in [0.29, 0.717) is 35.8 Å². The smallest absolute Gasteiger partial charge is 0.254 e. The van der Waals surface area contributed by atoms with Crippen molar-refractivity contribution >= 4 is 29.0 Å². The van der Waals surface area contributed by atoms with Gasteiger partial charge in [0.15, 0.2) is 5.82 Å². The van der Waals surface area contributed by atoms with Crippen molar-refractivity contribution in [2.45, 2.75) is 32.2 Å². The number of fused-ring (bicyclic) bond motifs is 1. The van der Waals surface area contributed by atoms with Gasteiger partial charge in [-0.1, -0.05) is 6.07 Å². The van der Waals surface area contributed by atoms with Crippen LogP contribution in [0.25, 0.3) is 0 Å². The molecule has 8 nitrogen and oxygen atoms in total. The summed E-state index contributed by atoms with van der Waals surface area (Å²) in [6, 6.07) is 6.48. The van der Waals surface area contributed by atoms with Crippen molar-refractivity contribution in [2.24, 2.45) is 17.4 Å². The predicted octanol–water partition coefficient (Wildman–Crippen LogP) is 1.85. The lowest BCUT2D eigenvalue weighted by molar-refractivity contribution is 0.1000. The maximum atomic E-state index is 12.0. The molecule has 148 valence electrons. The van der Waals surface area contributed by atoms with Gasteiger partial charge in [0.05, 0.1) is 0 Å². The number of nitrogens with two attached hydrogens (primary N) is 2. The number of nitrogens with zero attached hydrogens (tertiary/aromatic N) is 3. The highest BCUT2D eigenvalue weighted by Gasteiger charge is 2.32. The van der Waals surface area contributed by atoms with Crippen LogP contribution in [0.4, 0.5) is 23.1 Å². The standard InChI is InChI=1S/C20H27N7O/c1-2-27(17-5-3-4-16-13(17)7-9-23-16)19-14(18(22)28)11-25-20(26-19)24-8-6-12-10-15(12)21/h3-5,11-12,15,23H,2,6-10,21H2,1H3,(H2,22,28)(H,24,25,26)/t12?,15-/m1/s1. The van der Waals surface area contributed by atoms with Crippen molar-refractivity contribution in [3.63, 3.8) is 0 Å². The first-order chi connectivity index (χ1) is 13.6. The van der Waals surface area contributed by atoms with Crippen LogP contribution in [0.15, 0.2) is 24.4 Å². The number of anilines is 4.